The molecule has 0 aromatic carbocycles. The van der Waals surface area contributed by atoms with Crippen molar-refractivity contribution in [1.82, 2.24) is 0 Å². The normalized spacial score (nSPS) is 37.8. The van der Waals surface area contributed by atoms with E-state index in [1.54, 1.807) is 6.92 Å². The third-order valence-corrected chi connectivity index (χ3v) is 8.19. The van der Waals surface area contributed by atoms with Gasteiger partial charge in [0, 0.05) is 6.42 Å². The molecule has 6 nitrogen and oxygen atoms in total. The van der Waals surface area contributed by atoms with Crippen molar-refractivity contribution in [3.8, 4) is 0 Å². The fourth-order valence-corrected chi connectivity index (χ4v) is 6.82. The van der Waals surface area contributed by atoms with E-state index in [9.17, 15) is 14.4 Å². The zero-order valence-corrected chi connectivity index (χ0v) is 19.5. The van der Waals surface area contributed by atoms with Gasteiger partial charge in [-0.2, -0.15) is 0 Å². The first-order valence-electron chi connectivity index (χ1n) is 12.1. The van der Waals surface area contributed by atoms with Crippen LogP contribution in [0.5, 0.6) is 0 Å². The van der Waals surface area contributed by atoms with Crippen molar-refractivity contribution in [2.45, 2.75) is 103 Å². The monoisotopic (exact) mass is 434 g/mol. The minimum absolute atomic E-state index is 0.0695. The van der Waals surface area contributed by atoms with Crippen LogP contribution in [0.1, 0.15) is 91.9 Å². The zero-order chi connectivity index (χ0) is 22.4. The van der Waals surface area contributed by atoms with E-state index >= 15 is 0 Å². The van der Waals surface area contributed by atoms with Gasteiger partial charge < -0.3 is 14.2 Å². The van der Waals surface area contributed by atoms with E-state index in [0.29, 0.717) is 37.0 Å². The van der Waals surface area contributed by atoms with Crippen molar-refractivity contribution in [3.05, 3.63) is 0 Å². The topological polar surface area (TPSA) is 78.9 Å². The molecule has 2 atom stereocenters. The highest BCUT2D eigenvalue weighted by molar-refractivity contribution is 5.80. The molecule has 4 bridgehead atoms. The number of hydrogen-bond donors (Lipinski definition) is 0. The Labute approximate surface area is 185 Å². The lowest BCUT2D eigenvalue weighted by Crippen LogP contribution is -2.53. The van der Waals surface area contributed by atoms with Gasteiger partial charge in [0.25, 0.3) is 0 Å². The molecule has 0 radical (unpaired) electrons. The van der Waals surface area contributed by atoms with E-state index in [1.165, 1.54) is 19.3 Å². The Morgan fingerprint density at radius 2 is 1.68 bits per heavy atom. The summed E-state index contributed by atoms with van der Waals surface area (Å²) in [7, 11) is 0. The molecule has 5 fully saturated rings. The Morgan fingerprint density at radius 3 is 2.19 bits per heavy atom. The average Bonchev–Trinajstić information content (AvgIpc) is 2.63. The van der Waals surface area contributed by atoms with Crippen LogP contribution in [0.15, 0.2) is 0 Å². The molecule has 0 aromatic heterocycles. The predicted molar refractivity (Wildman–Crippen MR) is 114 cm³/mol. The first-order chi connectivity index (χ1) is 14.5. The zero-order valence-electron chi connectivity index (χ0n) is 19.5. The first-order valence-corrected chi connectivity index (χ1v) is 12.1. The minimum Gasteiger partial charge on any atom is -0.465 e. The Hall–Kier alpha value is -1.59. The molecule has 2 unspecified atom stereocenters. The van der Waals surface area contributed by atoms with E-state index in [2.05, 4.69) is 0 Å². The third-order valence-electron chi connectivity index (χ3n) is 8.19. The van der Waals surface area contributed by atoms with E-state index < -0.39 is 11.0 Å². The van der Waals surface area contributed by atoms with Crippen molar-refractivity contribution in [3.63, 3.8) is 0 Å². The molecule has 4 aliphatic carbocycles. The molecule has 4 saturated carbocycles. The molecule has 0 amide bonds. The van der Waals surface area contributed by atoms with Gasteiger partial charge in [0.1, 0.15) is 11.2 Å². The van der Waals surface area contributed by atoms with Gasteiger partial charge in [-0.25, -0.2) is 0 Å². The third kappa shape index (κ3) is 4.78. The van der Waals surface area contributed by atoms with Crippen molar-refractivity contribution in [2.24, 2.45) is 29.1 Å². The Kier molecular flexibility index (Phi) is 5.89. The van der Waals surface area contributed by atoms with Gasteiger partial charge in [-0.1, -0.05) is 6.92 Å². The molecule has 0 aromatic rings. The summed E-state index contributed by atoms with van der Waals surface area (Å²) in [5.41, 5.74) is -1.95. The lowest BCUT2D eigenvalue weighted by molar-refractivity contribution is -0.193. The molecule has 31 heavy (non-hydrogen) atoms. The largest absolute Gasteiger partial charge is 0.465 e. The quantitative estimate of drug-likeness (QED) is 0.431. The number of esters is 3. The predicted octanol–water partition coefficient (Wildman–Crippen LogP) is 4.58. The molecule has 5 aliphatic rings. The summed E-state index contributed by atoms with van der Waals surface area (Å²) in [4.78, 5) is 37.9. The maximum atomic E-state index is 13.2. The van der Waals surface area contributed by atoms with Crippen LogP contribution < -0.4 is 0 Å². The van der Waals surface area contributed by atoms with Gasteiger partial charge in [-0.15, -0.1) is 0 Å². The van der Waals surface area contributed by atoms with Crippen molar-refractivity contribution < 1.29 is 28.6 Å². The highest BCUT2D eigenvalue weighted by Gasteiger charge is 2.53. The number of carbonyl (C=O) groups excluding carboxylic acids is 3. The van der Waals surface area contributed by atoms with Crippen LogP contribution in [0.2, 0.25) is 0 Å². The SMILES string of the molecule is CCC(CC(C)(C)C(=O)OC1(C)CCOC(=O)C1)C(=O)OC12CC3CC(CC(C3)C1)C2. The number of rotatable bonds is 7. The second kappa shape index (κ2) is 8.08. The fourth-order valence-electron chi connectivity index (χ4n) is 6.82. The molecular weight excluding hydrogens is 396 g/mol. The van der Waals surface area contributed by atoms with E-state index in [1.807, 2.05) is 20.8 Å². The van der Waals surface area contributed by atoms with Gasteiger partial charge in [-0.3, -0.25) is 14.4 Å². The van der Waals surface area contributed by atoms with E-state index in [4.69, 9.17) is 14.2 Å². The summed E-state index contributed by atoms with van der Waals surface area (Å²) in [5, 5.41) is 0. The van der Waals surface area contributed by atoms with Crippen molar-refractivity contribution in [1.29, 1.82) is 0 Å². The van der Waals surface area contributed by atoms with Gasteiger partial charge in [0.05, 0.1) is 24.4 Å². The second-order valence-corrected chi connectivity index (χ2v) is 11.7. The average molecular weight is 435 g/mol. The van der Waals surface area contributed by atoms with Crippen LogP contribution in [0.3, 0.4) is 0 Å². The van der Waals surface area contributed by atoms with Crippen LogP contribution in [0.25, 0.3) is 0 Å². The van der Waals surface area contributed by atoms with Crippen LogP contribution in [-0.4, -0.2) is 35.7 Å². The molecule has 174 valence electrons. The number of ether oxygens (including phenoxy) is 3. The first kappa shape index (κ1) is 22.6. The van der Waals surface area contributed by atoms with Crippen molar-refractivity contribution >= 4 is 17.9 Å². The lowest BCUT2D eigenvalue weighted by atomic mass is 9.54. The summed E-state index contributed by atoms with van der Waals surface area (Å²) in [6, 6.07) is 0. The number of hydrogen-bond acceptors (Lipinski definition) is 6. The van der Waals surface area contributed by atoms with Gasteiger partial charge in [0.15, 0.2) is 0 Å². The molecule has 5 rings (SSSR count). The fraction of sp³-hybridized carbons (Fsp3) is 0.880. The van der Waals surface area contributed by atoms with E-state index in [0.717, 1.165) is 19.3 Å². The second-order valence-electron chi connectivity index (χ2n) is 11.7. The van der Waals surface area contributed by atoms with E-state index in [-0.39, 0.29) is 42.5 Å². The number of carbonyl (C=O) groups is 3. The van der Waals surface area contributed by atoms with Crippen molar-refractivity contribution in [2.75, 3.05) is 6.61 Å². The number of cyclic esters (lactones) is 1. The Bertz CT molecular complexity index is 705. The standard InChI is InChI=1S/C25H38O6/c1-5-19(14-23(2,3)22(28)31-24(4)6-7-29-20(26)15-24)21(27)30-25-11-16-8-17(12-25)10-18(9-16)13-25/h16-19H,5-15H2,1-4H3. The summed E-state index contributed by atoms with van der Waals surface area (Å²) in [6.07, 6.45) is 8.53. The van der Waals surface area contributed by atoms with Gasteiger partial charge in [0.2, 0.25) is 0 Å². The lowest BCUT2D eigenvalue weighted by Gasteiger charge is -2.56. The maximum absolute atomic E-state index is 13.2. The maximum Gasteiger partial charge on any atom is 0.312 e. The summed E-state index contributed by atoms with van der Waals surface area (Å²) in [5.74, 6) is 0.948. The molecular formula is C25H38O6. The summed E-state index contributed by atoms with van der Waals surface area (Å²) in [6.45, 7) is 7.66. The minimum atomic E-state index is -0.842. The summed E-state index contributed by atoms with van der Waals surface area (Å²) >= 11 is 0. The smallest absolute Gasteiger partial charge is 0.312 e. The Balaban J connectivity index is 1.37. The molecule has 1 heterocycles. The highest BCUT2D eigenvalue weighted by Crippen LogP contribution is 2.57. The van der Waals surface area contributed by atoms with Crippen LogP contribution in [0, 0.1) is 29.1 Å². The summed E-state index contributed by atoms with van der Waals surface area (Å²) < 4.78 is 17.0. The molecule has 1 aliphatic heterocycles. The highest BCUT2D eigenvalue weighted by atomic mass is 16.6. The van der Waals surface area contributed by atoms with Gasteiger partial charge >= 0.3 is 17.9 Å². The van der Waals surface area contributed by atoms with Gasteiger partial charge in [-0.05, 0) is 89.9 Å². The molecule has 0 N–H and O–H groups in total. The van der Waals surface area contributed by atoms with Crippen LogP contribution in [0.4, 0.5) is 0 Å². The molecule has 1 saturated heterocycles. The van der Waals surface area contributed by atoms with Crippen LogP contribution in [-0.2, 0) is 28.6 Å². The Morgan fingerprint density at radius 1 is 1.10 bits per heavy atom. The molecule has 0 spiro atoms. The van der Waals surface area contributed by atoms with Crippen LogP contribution >= 0.6 is 0 Å². The molecule has 6 heteroatoms.